The van der Waals surface area contributed by atoms with Crippen molar-refractivity contribution in [3.05, 3.63) is 58.7 Å². The van der Waals surface area contributed by atoms with Gasteiger partial charge in [0.05, 0.1) is 0 Å². The Bertz CT molecular complexity index is 925. The molecule has 0 saturated carbocycles. The third kappa shape index (κ3) is 6.38. The number of hydrogen-bond acceptors (Lipinski definition) is 4. The fraction of sp³-hybridized carbons (Fsp3) is 0.435. The number of carbonyl (C=O) groups is 2. The summed E-state index contributed by atoms with van der Waals surface area (Å²) in [6, 6.07) is 5.83. The number of carbonyl (C=O) groups excluding carboxylic acids is 2. The van der Waals surface area contributed by atoms with Crippen molar-refractivity contribution in [2.75, 3.05) is 0 Å². The number of phenolic OH excluding ortho intramolecular Hbond substituents is 1. The fourth-order valence-electron chi connectivity index (χ4n) is 2.96. The summed E-state index contributed by atoms with van der Waals surface area (Å²) in [6.45, 7) is 11.2. The molecule has 0 aliphatic carbocycles. The van der Waals surface area contributed by atoms with Crippen LogP contribution in [0.25, 0.3) is 0 Å². The largest absolute Gasteiger partial charge is 0.508 e. The molecule has 0 spiro atoms. The van der Waals surface area contributed by atoms with E-state index in [1.807, 2.05) is 41.5 Å². The van der Waals surface area contributed by atoms with Gasteiger partial charge in [-0.15, -0.1) is 0 Å². The first kappa shape index (κ1) is 22.5. The minimum Gasteiger partial charge on any atom is -0.508 e. The van der Waals surface area contributed by atoms with Crippen molar-refractivity contribution in [2.24, 2.45) is 0 Å². The van der Waals surface area contributed by atoms with Crippen molar-refractivity contribution in [3.63, 3.8) is 0 Å². The predicted molar refractivity (Wildman–Crippen MR) is 111 cm³/mol. The van der Waals surface area contributed by atoms with Gasteiger partial charge >= 0.3 is 0 Å². The molecule has 0 aliphatic heterocycles. The van der Waals surface area contributed by atoms with Gasteiger partial charge in [0.15, 0.2) is 0 Å². The Morgan fingerprint density at radius 2 is 1.72 bits per heavy atom. The van der Waals surface area contributed by atoms with Gasteiger partial charge < -0.3 is 10.4 Å². The second kappa shape index (κ2) is 8.31. The van der Waals surface area contributed by atoms with E-state index in [1.165, 1.54) is 18.3 Å². The Morgan fingerprint density at radius 1 is 1.07 bits per heavy atom. The summed E-state index contributed by atoms with van der Waals surface area (Å²) < 4.78 is 14.5. The summed E-state index contributed by atoms with van der Waals surface area (Å²) in [4.78, 5) is 28.8. The molecular formula is C23H29FN2O3. The van der Waals surface area contributed by atoms with Crippen molar-refractivity contribution in [1.29, 1.82) is 0 Å². The molecule has 1 amide bonds. The highest BCUT2D eigenvalue weighted by Crippen LogP contribution is 2.32. The Kier molecular flexibility index (Phi) is 6.46. The van der Waals surface area contributed by atoms with Crippen LogP contribution in [0.2, 0.25) is 0 Å². The molecule has 0 atom stereocenters. The number of pyridine rings is 1. The number of rotatable bonds is 5. The van der Waals surface area contributed by atoms with Gasteiger partial charge in [-0.2, -0.15) is 0 Å². The maximum absolute atomic E-state index is 14.5. The molecule has 0 aliphatic rings. The highest BCUT2D eigenvalue weighted by Gasteiger charge is 2.22. The molecule has 1 aromatic heterocycles. The first-order chi connectivity index (χ1) is 13.3. The minimum absolute atomic E-state index is 0.0215. The molecule has 2 N–H and O–H groups in total. The van der Waals surface area contributed by atoms with E-state index in [1.54, 1.807) is 12.1 Å². The predicted octanol–water partition coefficient (Wildman–Crippen LogP) is 4.11. The van der Waals surface area contributed by atoms with Gasteiger partial charge in [0.25, 0.3) is 5.91 Å². The topological polar surface area (TPSA) is 79.3 Å². The molecule has 1 heterocycles. The molecule has 6 heteroatoms. The smallest absolute Gasteiger partial charge is 0.270 e. The van der Waals surface area contributed by atoms with E-state index >= 15 is 0 Å². The van der Waals surface area contributed by atoms with Crippen LogP contribution in [0.4, 0.5) is 4.39 Å². The Morgan fingerprint density at radius 3 is 2.31 bits per heavy atom. The molecule has 0 unspecified atom stereocenters. The average molecular weight is 400 g/mol. The average Bonchev–Trinajstić information content (AvgIpc) is 2.55. The summed E-state index contributed by atoms with van der Waals surface area (Å²) in [5.74, 6) is -1.08. The van der Waals surface area contributed by atoms with Gasteiger partial charge in [0.2, 0.25) is 0 Å². The zero-order chi connectivity index (χ0) is 22.0. The normalized spacial score (nSPS) is 12.0. The third-order valence-electron chi connectivity index (χ3n) is 4.31. The summed E-state index contributed by atoms with van der Waals surface area (Å²) in [6.07, 6.45) is 1.37. The van der Waals surface area contributed by atoms with Gasteiger partial charge in [-0.1, -0.05) is 20.8 Å². The van der Waals surface area contributed by atoms with Crippen LogP contribution in [0.1, 0.15) is 68.7 Å². The maximum atomic E-state index is 14.5. The van der Waals surface area contributed by atoms with Crippen LogP contribution in [-0.4, -0.2) is 27.3 Å². The number of halogens is 1. The van der Waals surface area contributed by atoms with Crippen LogP contribution < -0.4 is 5.32 Å². The van der Waals surface area contributed by atoms with Crippen molar-refractivity contribution in [2.45, 2.75) is 65.3 Å². The zero-order valence-corrected chi connectivity index (χ0v) is 17.9. The molecule has 156 valence electrons. The van der Waals surface area contributed by atoms with Crippen LogP contribution in [0, 0.1) is 5.82 Å². The summed E-state index contributed by atoms with van der Waals surface area (Å²) in [5, 5.41) is 13.0. The molecular weight excluding hydrogens is 371 g/mol. The van der Waals surface area contributed by atoms with E-state index in [0.717, 1.165) is 0 Å². The number of benzene rings is 1. The lowest BCUT2D eigenvalue weighted by Crippen LogP contribution is -2.40. The maximum Gasteiger partial charge on any atom is 0.270 e. The van der Waals surface area contributed by atoms with Crippen molar-refractivity contribution >= 4 is 11.7 Å². The number of phenols is 1. The van der Waals surface area contributed by atoms with Crippen LogP contribution in [-0.2, 0) is 23.1 Å². The highest BCUT2D eigenvalue weighted by molar-refractivity contribution is 5.93. The third-order valence-corrected chi connectivity index (χ3v) is 4.31. The van der Waals surface area contributed by atoms with Crippen molar-refractivity contribution in [1.82, 2.24) is 10.3 Å². The van der Waals surface area contributed by atoms with Crippen molar-refractivity contribution < 1.29 is 19.1 Å². The number of hydrogen-bond donors (Lipinski definition) is 2. The van der Waals surface area contributed by atoms with Crippen LogP contribution in [0.5, 0.6) is 5.75 Å². The molecule has 29 heavy (non-hydrogen) atoms. The van der Waals surface area contributed by atoms with Crippen LogP contribution in [0.15, 0.2) is 30.5 Å². The first-order valence-corrected chi connectivity index (χ1v) is 9.57. The van der Waals surface area contributed by atoms with E-state index in [9.17, 15) is 19.1 Å². The number of aromatic hydroxyl groups is 1. The summed E-state index contributed by atoms with van der Waals surface area (Å²) >= 11 is 0. The summed E-state index contributed by atoms with van der Waals surface area (Å²) in [7, 11) is 0. The second-order valence-corrected chi connectivity index (χ2v) is 9.36. The number of Topliss-reactive ketones (excluding diaryl/α,β-unsaturated/α-hetero) is 1. The van der Waals surface area contributed by atoms with E-state index in [4.69, 9.17) is 0 Å². The molecule has 0 fully saturated rings. The molecule has 5 nitrogen and oxygen atoms in total. The molecule has 0 saturated heterocycles. The lowest BCUT2D eigenvalue weighted by atomic mass is 9.85. The van der Waals surface area contributed by atoms with Crippen LogP contribution >= 0.6 is 0 Å². The Labute approximate surface area is 171 Å². The zero-order valence-electron chi connectivity index (χ0n) is 17.9. The lowest BCUT2D eigenvalue weighted by molar-refractivity contribution is -0.117. The quantitative estimate of drug-likeness (QED) is 0.792. The molecule has 2 rings (SSSR count). The van der Waals surface area contributed by atoms with Gasteiger partial charge in [-0.05, 0) is 61.6 Å². The first-order valence-electron chi connectivity index (χ1n) is 9.57. The van der Waals surface area contributed by atoms with E-state index in [-0.39, 0.29) is 41.5 Å². The van der Waals surface area contributed by atoms with Crippen LogP contribution in [0.3, 0.4) is 0 Å². The number of nitrogens with one attached hydrogen (secondary N) is 1. The highest BCUT2D eigenvalue weighted by atomic mass is 19.1. The van der Waals surface area contributed by atoms with E-state index < -0.39 is 16.8 Å². The fourth-order valence-corrected chi connectivity index (χ4v) is 2.96. The molecule has 2 aromatic rings. The monoisotopic (exact) mass is 400 g/mol. The van der Waals surface area contributed by atoms with Crippen molar-refractivity contribution in [3.8, 4) is 5.75 Å². The number of aromatic nitrogens is 1. The second-order valence-electron chi connectivity index (χ2n) is 9.36. The van der Waals surface area contributed by atoms with Gasteiger partial charge in [-0.3, -0.25) is 14.6 Å². The van der Waals surface area contributed by atoms with E-state index in [2.05, 4.69) is 10.3 Å². The summed E-state index contributed by atoms with van der Waals surface area (Å²) in [5.41, 5.74) is 0.691. The van der Waals surface area contributed by atoms with Gasteiger partial charge in [-0.25, -0.2) is 4.39 Å². The SMILES string of the molecule is CC(C)(C)NC(=O)c1cc(CC(=O)Cc2cc(O)c(C(C)(C)C)cc2F)ccn1. The molecule has 1 aromatic carbocycles. The minimum atomic E-state index is -0.513. The number of amides is 1. The number of ketones is 1. The van der Waals surface area contributed by atoms with Gasteiger partial charge in [0, 0.05) is 30.1 Å². The number of nitrogens with zero attached hydrogens (tertiary/aromatic N) is 1. The standard InChI is InChI=1S/C23H29FN2O3/c1-22(2,3)17-13-18(24)15(12-20(17)28)11-16(27)9-14-7-8-25-19(10-14)21(29)26-23(4,5)6/h7-8,10,12-13,28H,9,11H2,1-6H3,(H,26,29). The molecule has 0 bridgehead atoms. The Balaban J connectivity index is 2.13. The van der Waals surface area contributed by atoms with E-state index in [0.29, 0.717) is 11.1 Å². The Hall–Kier alpha value is -2.76. The lowest BCUT2D eigenvalue weighted by Gasteiger charge is -2.21. The molecule has 0 radical (unpaired) electrons. The van der Waals surface area contributed by atoms with Gasteiger partial charge in [0.1, 0.15) is 23.0 Å².